The largest absolute Gasteiger partial charge is 0.371 e. The first-order valence-corrected chi connectivity index (χ1v) is 18.1. The van der Waals surface area contributed by atoms with Crippen LogP contribution in [0, 0.1) is 0 Å². The van der Waals surface area contributed by atoms with Gasteiger partial charge in [-0.1, -0.05) is 0 Å². The van der Waals surface area contributed by atoms with Crippen LogP contribution in [-0.4, -0.2) is 108 Å². The summed E-state index contributed by atoms with van der Waals surface area (Å²) in [6, 6.07) is 15.7. The number of piperazine rings is 1. The third-order valence-corrected chi connectivity index (χ3v) is 11.0. The highest BCUT2D eigenvalue weighted by Crippen LogP contribution is 2.42. The Morgan fingerprint density at radius 1 is 0.800 bits per heavy atom. The van der Waals surface area contributed by atoms with Crippen molar-refractivity contribution in [3.8, 4) is 11.4 Å². The minimum Gasteiger partial charge on any atom is -0.371 e. The van der Waals surface area contributed by atoms with E-state index in [-0.39, 0.29) is 24.3 Å². The van der Waals surface area contributed by atoms with Gasteiger partial charge < -0.3 is 39.5 Å². The SMILES string of the molecule is CN1CCN(c2ccc(NC(=O)Nc3ccc(-c4nc(N5CC6CCC(C5)O6)c5cnn(C6CCC7(CC6)OCCO7)c5n4)cc3)cc2)CC1. The summed E-state index contributed by atoms with van der Waals surface area (Å²) in [5.41, 5.74) is 4.32. The molecule has 9 rings (SSSR count). The number of rotatable bonds is 6. The Labute approximate surface area is 291 Å². The van der Waals surface area contributed by atoms with Crippen LogP contribution in [0.3, 0.4) is 0 Å². The monoisotopic (exact) mass is 679 g/mol. The first-order valence-electron chi connectivity index (χ1n) is 18.1. The van der Waals surface area contributed by atoms with E-state index in [2.05, 4.69) is 49.2 Å². The molecule has 6 heterocycles. The quantitative estimate of drug-likeness (QED) is 0.284. The Morgan fingerprint density at radius 2 is 1.44 bits per heavy atom. The lowest BCUT2D eigenvalue weighted by molar-refractivity contribution is -0.181. The predicted octanol–water partition coefficient (Wildman–Crippen LogP) is 5.11. The van der Waals surface area contributed by atoms with Crippen LogP contribution in [0.4, 0.5) is 27.7 Å². The summed E-state index contributed by atoms with van der Waals surface area (Å²) >= 11 is 0. The van der Waals surface area contributed by atoms with E-state index in [0.29, 0.717) is 24.7 Å². The van der Waals surface area contributed by atoms with Crippen molar-refractivity contribution in [1.29, 1.82) is 0 Å². The Hall–Kier alpha value is -4.30. The number of anilines is 4. The second kappa shape index (κ2) is 13.1. The van der Waals surface area contributed by atoms with E-state index in [9.17, 15) is 4.79 Å². The zero-order chi connectivity index (χ0) is 33.7. The molecule has 4 saturated heterocycles. The Kier molecular flexibility index (Phi) is 8.30. The van der Waals surface area contributed by atoms with Gasteiger partial charge in [0.05, 0.1) is 43.0 Å². The zero-order valence-corrected chi connectivity index (χ0v) is 28.6. The van der Waals surface area contributed by atoms with E-state index in [1.165, 1.54) is 5.69 Å². The van der Waals surface area contributed by atoms with Gasteiger partial charge in [0, 0.05) is 74.7 Å². The van der Waals surface area contributed by atoms with Crippen molar-refractivity contribution in [1.82, 2.24) is 24.6 Å². The van der Waals surface area contributed by atoms with Crippen molar-refractivity contribution >= 4 is 39.9 Å². The van der Waals surface area contributed by atoms with Crippen LogP contribution in [0.15, 0.2) is 54.7 Å². The zero-order valence-electron chi connectivity index (χ0n) is 28.6. The number of benzene rings is 2. The van der Waals surface area contributed by atoms with Crippen LogP contribution < -0.4 is 20.4 Å². The van der Waals surface area contributed by atoms with Crippen LogP contribution in [0.25, 0.3) is 22.4 Å². The fourth-order valence-electron chi connectivity index (χ4n) is 8.22. The number of carbonyl (C=O) groups excluding carboxylic acids is 1. The molecule has 2 unspecified atom stereocenters. The molecular formula is C37H45N9O4. The lowest BCUT2D eigenvalue weighted by Gasteiger charge is -2.35. The first kappa shape index (κ1) is 31.7. The Morgan fingerprint density at radius 3 is 2.10 bits per heavy atom. The lowest BCUT2D eigenvalue weighted by Crippen LogP contribution is -2.44. The molecule has 4 aromatic rings. The van der Waals surface area contributed by atoms with Crippen molar-refractivity contribution in [2.24, 2.45) is 0 Å². The smallest absolute Gasteiger partial charge is 0.323 e. The molecule has 2 aromatic heterocycles. The number of nitrogens with one attached hydrogen (secondary N) is 2. The third kappa shape index (κ3) is 6.27. The highest BCUT2D eigenvalue weighted by atomic mass is 16.7. The summed E-state index contributed by atoms with van der Waals surface area (Å²) in [5, 5.41) is 11.8. The van der Waals surface area contributed by atoms with E-state index >= 15 is 0 Å². The van der Waals surface area contributed by atoms with Crippen molar-refractivity contribution in [3.63, 3.8) is 0 Å². The van der Waals surface area contributed by atoms with Gasteiger partial charge in [0.25, 0.3) is 0 Å². The fourth-order valence-corrected chi connectivity index (χ4v) is 8.22. The summed E-state index contributed by atoms with van der Waals surface area (Å²) in [4.78, 5) is 30.3. The highest BCUT2D eigenvalue weighted by molar-refractivity contribution is 6.00. The summed E-state index contributed by atoms with van der Waals surface area (Å²) in [5.74, 6) is 1.12. The fraction of sp³-hybridized carbons (Fsp3) is 0.514. The molecule has 2 atom stereocenters. The number of hydrogen-bond acceptors (Lipinski definition) is 10. The number of carbonyl (C=O) groups is 1. The number of amides is 2. The van der Waals surface area contributed by atoms with E-state index in [4.69, 9.17) is 29.3 Å². The lowest BCUT2D eigenvalue weighted by atomic mass is 9.90. The van der Waals surface area contributed by atoms with E-state index in [1.54, 1.807) is 0 Å². The van der Waals surface area contributed by atoms with Gasteiger partial charge in [0.2, 0.25) is 0 Å². The molecule has 13 nitrogen and oxygen atoms in total. The Balaban J connectivity index is 0.929. The summed E-state index contributed by atoms with van der Waals surface area (Å²) in [6.45, 7) is 7.07. The molecule has 1 aliphatic carbocycles. The van der Waals surface area contributed by atoms with Crippen LogP contribution in [0.2, 0.25) is 0 Å². The molecule has 0 radical (unpaired) electrons. The van der Waals surface area contributed by atoms with Crippen LogP contribution in [0.1, 0.15) is 44.6 Å². The van der Waals surface area contributed by atoms with E-state index < -0.39 is 5.79 Å². The van der Waals surface area contributed by atoms with Gasteiger partial charge in [-0.2, -0.15) is 5.10 Å². The standard InChI is InChI=1S/C37H45N9O4/c1-43-16-18-44(19-17-43)28-8-6-27(7-9-28)40-36(47)39-26-4-2-25(3-5-26)33-41-34(45-23-30-10-11-31(24-45)50-30)32-22-38-46(35(32)42-33)29-12-14-37(15-13-29)48-20-21-49-37/h2-9,22,29-31H,10-21,23-24H2,1H3,(H2,39,40,47). The second-order valence-electron chi connectivity index (χ2n) is 14.4. The van der Waals surface area contributed by atoms with E-state index in [0.717, 1.165) is 106 Å². The molecule has 4 aliphatic heterocycles. The minimum atomic E-state index is -0.431. The molecule has 2 N–H and O–H groups in total. The predicted molar refractivity (Wildman–Crippen MR) is 192 cm³/mol. The van der Waals surface area contributed by atoms with Gasteiger partial charge in [0.1, 0.15) is 5.82 Å². The maximum absolute atomic E-state index is 12.9. The van der Waals surface area contributed by atoms with Gasteiger partial charge in [-0.3, -0.25) is 0 Å². The van der Waals surface area contributed by atoms with E-state index in [1.807, 2.05) is 42.6 Å². The summed E-state index contributed by atoms with van der Waals surface area (Å²) in [6.07, 6.45) is 8.07. The Bertz CT molecular complexity index is 1810. The van der Waals surface area contributed by atoms with Gasteiger partial charge in [0.15, 0.2) is 17.3 Å². The van der Waals surface area contributed by atoms with Crippen molar-refractivity contribution < 1.29 is 19.0 Å². The minimum absolute atomic E-state index is 0.204. The van der Waals surface area contributed by atoms with Crippen LogP contribution >= 0.6 is 0 Å². The summed E-state index contributed by atoms with van der Waals surface area (Å²) < 4.78 is 20.3. The molecule has 50 heavy (non-hydrogen) atoms. The molecular weight excluding hydrogens is 634 g/mol. The molecule has 13 heteroatoms. The molecule has 5 aliphatic rings. The van der Waals surface area contributed by atoms with Gasteiger partial charge in [-0.05, 0) is 81.3 Å². The topological polar surface area (TPSA) is 122 Å². The average Bonchev–Trinajstić information content (AvgIpc) is 3.87. The van der Waals surface area contributed by atoms with Crippen molar-refractivity contribution in [2.45, 2.75) is 62.6 Å². The third-order valence-electron chi connectivity index (χ3n) is 11.0. The highest BCUT2D eigenvalue weighted by Gasteiger charge is 2.41. The molecule has 1 spiro atoms. The van der Waals surface area contributed by atoms with Crippen molar-refractivity contribution in [3.05, 3.63) is 54.7 Å². The number of ether oxygens (including phenoxy) is 3. The van der Waals surface area contributed by atoms with Crippen LogP contribution in [-0.2, 0) is 14.2 Å². The van der Waals surface area contributed by atoms with Gasteiger partial charge in [-0.15, -0.1) is 0 Å². The molecule has 2 aromatic carbocycles. The molecule has 2 amide bonds. The van der Waals surface area contributed by atoms with Crippen molar-refractivity contribution in [2.75, 3.05) is 80.0 Å². The number of aromatic nitrogens is 4. The number of fused-ring (bicyclic) bond motifs is 3. The summed E-state index contributed by atoms with van der Waals surface area (Å²) in [7, 11) is 2.15. The number of urea groups is 1. The maximum atomic E-state index is 12.9. The van der Waals surface area contributed by atoms with Gasteiger partial charge >= 0.3 is 6.03 Å². The number of nitrogens with zero attached hydrogens (tertiary/aromatic N) is 7. The van der Waals surface area contributed by atoms with Crippen LogP contribution in [0.5, 0.6) is 0 Å². The maximum Gasteiger partial charge on any atom is 0.323 e. The number of likely N-dealkylation sites (N-methyl/N-ethyl adjacent to an activating group) is 1. The number of morpholine rings is 1. The molecule has 262 valence electrons. The number of hydrogen-bond donors (Lipinski definition) is 2. The first-order chi connectivity index (χ1) is 24.5. The van der Waals surface area contributed by atoms with Gasteiger partial charge in [-0.25, -0.2) is 19.4 Å². The normalized spacial score (nSPS) is 23.9. The second-order valence-corrected chi connectivity index (χ2v) is 14.4. The molecule has 5 fully saturated rings. The average molecular weight is 680 g/mol. The molecule has 1 saturated carbocycles. The molecule has 2 bridgehead atoms.